The average molecular weight is 346 g/mol. The molecule has 1 fully saturated rings. The first-order chi connectivity index (χ1) is 11.9. The van der Waals surface area contributed by atoms with E-state index in [2.05, 4.69) is 5.32 Å². The fourth-order valence-corrected chi connectivity index (χ4v) is 2.99. The summed E-state index contributed by atoms with van der Waals surface area (Å²) >= 11 is 0. The zero-order valence-electron chi connectivity index (χ0n) is 14.8. The second kappa shape index (κ2) is 8.62. The van der Waals surface area contributed by atoms with Gasteiger partial charge in [-0.3, -0.25) is 19.3 Å². The Morgan fingerprint density at radius 1 is 1.20 bits per heavy atom. The Morgan fingerprint density at radius 2 is 1.88 bits per heavy atom. The molecule has 136 valence electrons. The van der Waals surface area contributed by atoms with Crippen LogP contribution in [0, 0.1) is 6.92 Å². The highest BCUT2D eigenvalue weighted by Gasteiger charge is 2.30. The Kier molecular flexibility index (Phi) is 6.52. The number of rotatable bonds is 6. The van der Waals surface area contributed by atoms with Crippen LogP contribution in [0.4, 0.5) is 5.69 Å². The van der Waals surface area contributed by atoms with Crippen molar-refractivity contribution >= 4 is 23.4 Å². The monoisotopic (exact) mass is 346 g/mol. The summed E-state index contributed by atoms with van der Waals surface area (Å²) in [6.07, 6.45) is 2.37. The van der Waals surface area contributed by atoms with E-state index in [1.54, 1.807) is 16.8 Å². The van der Waals surface area contributed by atoms with Crippen LogP contribution in [0.1, 0.15) is 24.8 Å². The van der Waals surface area contributed by atoms with Crippen molar-refractivity contribution in [3.63, 3.8) is 0 Å². The molecule has 0 unspecified atom stereocenters. The Balaban J connectivity index is 1.84. The molecule has 25 heavy (non-hydrogen) atoms. The van der Waals surface area contributed by atoms with Crippen molar-refractivity contribution in [1.82, 2.24) is 9.80 Å². The molecule has 7 heteroatoms. The number of nitrogens with one attached hydrogen (secondary N) is 1. The van der Waals surface area contributed by atoms with Crippen molar-refractivity contribution in [1.29, 1.82) is 0 Å². The average Bonchev–Trinajstić information content (AvgIpc) is 2.56. The molecule has 0 spiro atoms. The number of carbonyl (C=O) groups excluding carboxylic acids is 3. The van der Waals surface area contributed by atoms with Gasteiger partial charge in [0.25, 0.3) is 0 Å². The molecule has 2 rings (SSSR count). The number of anilines is 1. The van der Waals surface area contributed by atoms with Crippen molar-refractivity contribution < 1.29 is 14.4 Å². The Morgan fingerprint density at radius 3 is 2.52 bits per heavy atom. The first kappa shape index (κ1) is 18.9. The van der Waals surface area contributed by atoms with Crippen LogP contribution in [0.15, 0.2) is 24.3 Å². The highest BCUT2D eigenvalue weighted by Crippen LogP contribution is 2.17. The SMILES string of the molecule is Cc1ccc(NC(=O)CN(C)CC(=O)N2CCCC[C@@H]2C(N)=O)cc1. The molecule has 1 aliphatic rings. The number of aryl methyl sites for hydroxylation is 1. The van der Waals surface area contributed by atoms with Gasteiger partial charge in [0, 0.05) is 12.2 Å². The van der Waals surface area contributed by atoms with Gasteiger partial charge < -0.3 is 16.0 Å². The predicted molar refractivity (Wildman–Crippen MR) is 95.9 cm³/mol. The van der Waals surface area contributed by atoms with Crippen LogP contribution < -0.4 is 11.1 Å². The molecule has 1 atom stereocenters. The lowest BCUT2D eigenvalue weighted by atomic mass is 10.0. The van der Waals surface area contributed by atoms with Gasteiger partial charge in [-0.15, -0.1) is 0 Å². The summed E-state index contributed by atoms with van der Waals surface area (Å²) in [5, 5.41) is 2.80. The van der Waals surface area contributed by atoms with Crippen molar-refractivity contribution in [2.24, 2.45) is 5.73 Å². The number of nitrogens with two attached hydrogens (primary N) is 1. The van der Waals surface area contributed by atoms with Gasteiger partial charge in [0.15, 0.2) is 0 Å². The van der Waals surface area contributed by atoms with E-state index >= 15 is 0 Å². The maximum absolute atomic E-state index is 12.4. The Bertz CT molecular complexity index is 630. The molecule has 0 saturated carbocycles. The van der Waals surface area contributed by atoms with Gasteiger partial charge in [0.2, 0.25) is 17.7 Å². The number of carbonyl (C=O) groups is 3. The molecule has 3 N–H and O–H groups in total. The molecule has 1 aliphatic heterocycles. The maximum Gasteiger partial charge on any atom is 0.240 e. The second-order valence-electron chi connectivity index (χ2n) is 6.59. The summed E-state index contributed by atoms with van der Waals surface area (Å²) in [4.78, 5) is 39.2. The predicted octanol–water partition coefficient (Wildman–Crippen LogP) is 0.732. The quantitative estimate of drug-likeness (QED) is 0.794. The van der Waals surface area contributed by atoms with Crippen molar-refractivity contribution in [3.8, 4) is 0 Å². The number of benzene rings is 1. The van der Waals surface area contributed by atoms with Crippen molar-refractivity contribution in [2.75, 3.05) is 32.0 Å². The van der Waals surface area contributed by atoms with E-state index < -0.39 is 11.9 Å². The highest BCUT2D eigenvalue weighted by atomic mass is 16.2. The lowest BCUT2D eigenvalue weighted by Crippen LogP contribution is -2.53. The number of likely N-dealkylation sites (N-methyl/N-ethyl adjacent to an activating group) is 1. The minimum absolute atomic E-state index is 0.0745. The Hall–Kier alpha value is -2.41. The van der Waals surface area contributed by atoms with E-state index in [1.807, 2.05) is 31.2 Å². The zero-order chi connectivity index (χ0) is 18.4. The fourth-order valence-electron chi connectivity index (χ4n) is 2.99. The summed E-state index contributed by atoms with van der Waals surface area (Å²) in [5.41, 5.74) is 7.23. The third-order valence-electron chi connectivity index (χ3n) is 4.31. The fraction of sp³-hybridized carbons (Fsp3) is 0.500. The zero-order valence-corrected chi connectivity index (χ0v) is 14.8. The normalized spacial score (nSPS) is 17.4. The Labute approximate surface area is 148 Å². The molecule has 0 aliphatic carbocycles. The molecular formula is C18H26N4O3. The smallest absolute Gasteiger partial charge is 0.240 e. The number of primary amides is 1. The molecule has 1 heterocycles. The van der Waals surface area contributed by atoms with Gasteiger partial charge in [-0.2, -0.15) is 0 Å². The second-order valence-corrected chi connectivity index (χ2v) is 6.59. The molecule has 3 amide bonds. The summed E-state index contributed by atoms with van der Waals surface area (Å²) in [7, 11) is 1.70. The largest absolute Gasteiger partial charge is 0.368 e. The summed E-state index contributed by atoms with van der Waals surface area (Å²) < 4.78 is 0. The van der Waals surface area contributed by atoms with Gasteiger partial charge in [-0.05, 0) is 45.4 Å². The van der Waals surface area contributed by atoms with Crippen LogP contribution in [0.5, 0.6) is 0 Å². The summed E-state index contributed by atoms with van der Waals surface area (Å²) in [6.45, 7) is 2.68. The first-order valence-corrected chi connectivity index (χ1v) is 8.50. The number of likely N-dealkylation sites (tertiary alicyclic amines) is 1. The number of hydrogen-bond donors (Lipinski definition) is 2. The number of hydrogen-bond acceptors (Lipinski definition) is 4. The molecule has 0 radical (unpaired) electrons. The van der Waals surface area contributed by atoms with Crippen LogP contribution in [-0.2, 0) is 14.4 Å². The minimum Gasteiger partial charge on any atom is -0.368 e. The van der Waals surface area contributed by atoms with Crippen LogP contribution in [0.25, 0.3) is 0 Å². The molecule has 0 aromatic heterocycles. The number of amides is 3. The van der Waals surface area contributed by atoms with E-state index in [-0.39, 0.29) is 24.9 Å². The van der Waals surface area contributed by atoms with Crippen LogP contribution in [-0.4, -0.2) is 60.2 Å². The van der Waals surface area contributed by atoms with Gasteiger partial charge in [0.05, 0.1) is 13.1 Å². The van der Waals surface area contributed by atoms with Gasteiger partial charge in [0.1, 0.15) is 6.04 Å². The van der Waals surface area contributed by atoms with E-state index in [1.165, 1.54) is 0 Å². The van der Waals surface area contributed by atoms with Crippen molar-refractivity contribution in [3.05, 3.63) is 29.8 Å². The third-order valence-corrected chi connectivity index (χ3v) is 4.31. The lowest BCUT2D eigenvalue weighted by Gasteiger charge is -2.34. The summed E-state index contributed by atoms with van der Waals surface area (Å²) in [5.74, 6) is -0.828. The van der Waals surface area contributed by atoms with Gasteiger partial charge in [-0.1, -0.05) is 17.7 Å². The van der Waals surface area contributed by atoms with E-state index in [0.29, 0.717) is 13.0 Å². The van der Waals surface area contributed by atoms with E-state index in [4.69, 9.17) is 5.73 Å². The lowest BCUT2D eigenvalue weighted by molar-refractivity contribution is -0.141. The van der Waals surface area contributed by atoms with E-state index in [0.717, 1.165) is 24.1 Å². The molecule has 1 saturated heterocycles. The number of nitrogens with zero attached hydrogens (tertiary/aromatic N) is 2. The highest BCUT2D eigenvalue weighted by molar-refractivity contribution is 5.93. The van der Waals surface area contributed by atoms with E-state index in [9.17, 15) is 14.4 Å². The first-order valence-electron chi connectivity index (χ1n) is 8.50. The molecular weight excluding hydrogens is 320 g/mol. The standard InChI is InChI=1S/C18H26N4O3/c1-13-6-8-14(9-7-13)20-16(23)11-21(2)12-17(24)22-10-4-3-5-15(22)18(19)25/h6-9,15H,3-5,10-12H2,1-2H3,(H2,19,25)(H,20,23)/t15-/m1/s1. The third kappa shape index (κ3) is 5.56. The van der Waals surface area contributed by atoms with Crippen LogP contribution in [0.3, 0.4) is 0 Å². The maximum atomic E-state index is 12.4. The number of piperidine rings is 1. The topological polar surface area (TPSA) is 95.7 Å². The van der Waals surface area contributed by atoms with Crippen LogP contribution >= 0.6 is 0 Å². The molecule has 7 nitrogen and oxygen atoms in total. The minimum atomic E-state index is -0.531. The molecule has 1 aromatic rings. The van der Waals surface area contributed by atoms with Gasteiger partial charge >= 0.3 is 0 Å². The van der Waals surface area contributed by atoms with Gasteiger partial charge in [-0.25, -0.2) is 0 Å². The molecule has 1 aromatic carbocycles. The van der Waals surface area contributed by atoms with Crippen LogP contribution in [0.2, 0.25) is 0 Å². The van der Waals surface area contributed by atoms with Crippen molar-refractivity contribution in [2.45, 2.75) is 32.2 Å². The molecule has 0 bridgehead atoms. The summed E-state index contributed by atoms with van der Waals surface area (Å²) in [6, 6.07) is 6.98.